The van der Waals surface area contributed by atoms with E-state index < -0.39 is 0 Å². The van der Waals surface area contributed by atoms with Gasteiger partial charge in [-0.25, -0.2) is 4.98 Å². The molecule has 0 N–H and O–H groups in total. The summed E-state index contributed by atoms with van der Waals surface area (Å²) in [6.07, 6.45) is 2.11. The maximum absolute atomic E-state index is 13.4. The molecule has 1 aromatic heterocycles. The third-order valence-corrected chi connectivity index (χ3v) is 7.08. The van der Waals surface area contributed by atoms with Crippen LogP contribution < -0.4 is 4.90 Å². The van der Waals surface area contributed by atoms with Crippen LogP contribution in [-0.4, -0.2) is 30.1 Å². The molecule has 1 atom stereocenters. The molecule has 1 unspecified atom stereocenters. The standard InChI is InChI=1S/C20H19IN2O2S/c1-13-6-4-8-15(18(13)21)19(24)23(12-14-7-5-11-25-14)20-22-16-9-2-3-10-17(16)26-20/h2-4,6,8-10,14H,5,7,11-12H2,1H3. The van der Waals surface area contributed by atoms with Crippen LogP contribution in [0.15, 0.2) is 42.5 Å². The number of thiazole rings is 1. The van der Waals surface area contributed by atoms with Gasteiger partial charge in [0, 0.05) is 10.2 Å². The Balaban J connectivity index is 1.74. The number of amides is 1. The number of ether oxygens (including phenoxy) is 1. The first-order chi connectivity index (χ1) is 12.6. The number of aryl methyl sites for hydroxylation is 1. The van der Waals surface area contributed by atoms with Gasteiger partial charge in [0.2, 0.25) is 0 Å². The zero-order chi connectivity index (χ0) is 18.1. The van der Waals surface area contributed by atoms with E-state index in [0.29, 0.717) is 6.54 Å². The van der Waals surface area contributed by atoms with E-state index >= 15 is 0 Å². The van der Waals surface area contributed by atoms with Crippen LogP contribution in [0, 0.1) is 10.5 Å². The molecule has 1 aliphatic heterocycles. The summed E-state index contributed by atoms with van der Waals surface area (Å²) in [6, 6.07) is 13.9. The van der Waals surface area contributed by atoms with Gasteiger partial charge in [0.05, 0.1) is 28.4 Å². The molecular weight excluding hydrogens is 459 g/mol. The molecule has 4 rings (SSSR count). The van der Waals surface area contributed by atoms with Crippen LogP contribution in [0.1, 0.15) is 28.8 Å². The van der Waals surface area contributed by atoms with E-state index in [4.69, 9.17) is 9.72 Å². The number of hydrogen-bond donors (Lipinski definition) is 0. The summed E-state index contributed by atoms with van der Waals surface area (Å²) in [5.74, 6) is -0.00680. The van der Waals surface area contributed by atoms with Gasteiger partial charge in [-0.3, -0.25) is 9.69 Å². The van der Waals surface area contributed by atoms with Gasteiger partial charge in [-0.2, -0.15) is 0 Å². The molecule has 1 saturated heterocycles. The lowest BCUT2D eigenvalue weighted by Crippen LogP contribution is -2.38. The van der Waals surface area contributed by atoms with Crippen LogP contribution >= 0.6 is 33.9 Å². The predicted octanol–water partition coefficient (Wildman–Crippen LogP) is 5.04. The van der Waals surface area contributed by atoms with Crippen molar-refractivity contribution in [3.8, 4) is 0 Å². The number of anilines is 1. The first-order valence-electron chi connectivity index (χ1n) is 8.67. The van der Waals surface area contributed by atoms with E-state index in [0.717, 1.165) is 49.5 Å². The van der Waals surface area contributed by atoms with Gasteiger partial charge in [0.1, 0.15) is 0 Å². The molecule has 0 saturated carbocycles. The number of carbonyl (C=O) groups is 1. The largest absolute Gasteiger partial charge is 0.376 e. The molecule has 1 fully saturated rings. The highest BCUT2D eigenvalue weighted by atomic mass is 127. The number of fused-ring (bicyclic) bond motifs is 1. The van der Waals surface area contributed by atoms with Gasteiger partial charge in [-0.1, -0.05) is 35.6 Å². The van der Waals surface area contributed by atoms with Gasteiger partial charge in [-0.15, -0.1) is 0 Å². The Morgan fingerprint density at radius 2 is 2.15 bits per heavy atom. The molecule has 26 heavy (non-hydrogen) atoms. The minimum absolute atomic E-state index is 0.00680. The highest BCUT2D eigenvalue weighted by Gasteiger charge is 2.28. The van der Waals surface area contributed by atoms with E-state index in [-0.39, 0.29) is 12.0 Å². The lowest BCUT2D eigenvalue weighted by molar-refractivity contribution is 0.0916. The molecule has 6 heteroatoms. The first kappa shape index (κ1) is 17.9. The number of rotatable bonds is 4. The fourth-order valence-electron chi connectivity index (χ4n) is 3.17. The van der Waals surface area contributed by atoms with Gasteiger partial charge in [0.25, 0.3) is 5.91 Å². The lowest BCUT2D eigenvalue weighted by atomic mass is 10.1. The Bertz CT molecular complexity index is 917. The second kappa shape index (κ2) is 7.62. The van der Waals surface area contributed by atoms with Crippen molar-refractivity contribution in [1.82, 2.24) is 4.98 Å². The molecule has 0 spiro atoms. The second-order valence-electron chi connectivity index (χ2n) is 6.45. The van der Waals surface area contributed by atoms with Gasteiger partial charge < -0.3 is 4.74 Å². The maximum Gasteiger partial charge on any atom is 0.261 e. The fraction of sp³-hybridized carbons (Fsp3) is 0.300. The third-order valence-electron chi connectivity index (χ3n) is 4.59. The van der Waals surface area contributed by atoms with Gasteiger partial charge in [0.15, 0.2) is 5.13 Å². The minimum Gasteiger partial charge on any atom is -0.376 e. The molecule has 4 nitrogen and oxygen atoms in total. The van der Waals surface area contributed by atoms with Crippen molar-refractivity contribution in [1.29, 1.82) is 0 Å². The van der Waals surface area contributed by atoms with Crippen LogP contribution in [0.2, 0.25) is 0 Å². The van der Waals surface area contributed by atoms with Crippen molar-refractivity contribution >= 4 is 55.2 Å². The Morgan fingerprint density at radius 1 is 1.31 bits per heavy atom. The highest BCUT2D eigenvalue weighted by molar-refractivity contribution is 14.1. The number of para-hydroxylation sites is 1. The molecule has 0 bridgehead atoms. The molecule has 0 radical (unpaired) electrons. The molecule has 2 aromatic carbocycles. The quantitative estimate of drug-likeness (QED) is 0.494. The second-order valence-corrected chi connectivity index (χ2v) is 8.54. The monoisotopic (exact) mass is 478 g/mol. The number of hydrogen-bond acceptors (Lipinski definition) is 4. The van der Waals surface area contributed by atoms with Crippen LogP contribution in [0.3, 0.4) is 0 Å². The summed E-state index contributed by atoms with van der Waals surface area (Å²) in [7, 11) is 0. The summed E-state index contributed by atoms with van der Waals surface area (Å²) >= 11 is 3.81. The Labute approximate surface area is 170 Å². The molecular formula is C20H19IN2O2S. The maximum atomic E-state index is 13.4. The van der Waals surface area contributed by atoms with Crippen LogP contribution in [0.4, 0.5) is 5.13 Å². The summed E-state index contributed by atoms with van der Waals surface area (Å²) in [4.78, 5) is 19.9. The number of halogens is 1. The van der Waals surface area contributed by atoms with Crippen molar-refractivity contribution in [2.75, 3.05) is 18.1 Å². The Kier molecular flexibility index (Phi) is 5.24. The predicted molar refractivity (Wildman–Crippen MR) is 114 cm³/mol. The number of benzene rings is 2. The summed E-state index contributed by atoms with van der Waals surface area (Å²) in [5, 5.41) is 0.740. The normalized spacial score (nSPS) is 16.9. The van der Waals surface area contributed by atoms with Crippen LogP contribution in [0.5, 0.6) is 0 Å². The molecule has 1 aliphatic rings. The third kappa shape index (κ3) is 3.50. The van der Waals surface area contributed by atoms with E-state index in [1.165, 1.54) is 0 Å². The molecule has 1 amide bonds. The van der Waals surface area contributed by atoms with E-state index in [2.05, 4.69) is 22.6 Å². The van der Waals surface area contributed by atoms with Gasteiger partial charge in [-0.05, 0) is 66.1 Å². The molecule has 134 valence electrons. The van der Waals surface area contributed by atoms with Crippen molar-refractivity contribution < 1.29 is 9.53 Å². The average Bonchev–Trinajstić information content (AvgIpc) is 3.30. The number of nitrogens with zero attached hydrogens (tertiary/aromatic N) is 2. The van der Waals surface area contributed by atoms with Crippen molar-refractivity contribution in [2.24, 2.45) is 0 Å². The number of aromatic nitrogens is 1. The lowest BCUT2D eigenvalue weighted by Gasteiger charge is -2.23. The fourth-order valence-corrected chi connectivity index (χ4v) is 4.74. The van der Waals surface area contributed by atoms with E-state index in [1.54, 1.807) is 16.2 Å². The SMILES string of the molecule is Cc1cccc(C(=O)N(CC2CCCO2)c2nc3ccccc3s2)c1I. The molecule has 2 heterocycles. The highest BCUT2D eigenvalue weighted by Crippen LogP contribution is 2.31. The minimum atomic E-state index is -0.00680. The zero-order valence-electron chi connectivity index (χ0n) is 14.4. The van der Waals surface area contributed by atoms with Crippen LogP contribution in [-0.2, 0) is 4.74 Å². The van der Waals surface area contributed by atoms with E-state index in [9.17, 15) is 4.79 Å². The van der Waals surface area contributed by atoms with Crippen LogP contribution in [0.25, 0.3) is 10.2 Å². The Hall–Kier alpha value is -1.51. The summed E-state index contributed by atoms with van der Waals surface area (Å²) in [5.41, 5.74) is 2.76. The topological polar surface area (TPSA) is 42.4 Å². The average molecular weight is 478 g/mol. The van der Waals surface area contributed by atoms with Crippen molar-refractivity contribution in [3.63, 3.8) is 0 Å². The number of carbonyl (C=O) groups excluding carboxylic acids is 1. The summed E-state index contributed by atoms with van der Waals surface area (Å²) < 4.78 is 7.88. The Morgan fingerprint density at radius 3 is 2.92 bits per heavy atom. The van der Waals surface area contributed by atoms with Crippen molar-refractivity contribution in [3.05, 3.63) is 57.2 Å². The van der Waals surface area contributed by atoms with Crippen molar-refractivity contribution in [2.45, 2.75) is 25.9 Å². The molecule has 3 aromatic rings. The van der Waals surface area contributed by atoms with Gasteiger partial charge >= 0.3 is 0 Å². The van der Waals surface area contributed by atoms with E-state index in [1.807, 2.05) is 49.4 Å². The first-order valence-corrected chi connectivity index (χ1v) is 10.6. The zero-order valence-corrected chi connectivity index (χ0v) is 17.4. The smallest absolute Gasteiger partial charge is 0.261 e. The molecule has 0 aliphatic carbocycles. The summed E-state index contributed by atoms with van der Waals surface area (Å²) in [6.45, 7) is 3.35.